The summed E-state index contributed by atoms with van der Waals surface area (Å²) in [5, 5.41) is 4.91. The van der Waals surface area contributed by atoms with Gasteiger partial charge in [0.15, 0.2) is 0 Å². The topological polar surface area (TPSA) is 186 Å². The Morgan fingerprint density at radius 3 is 2.47 bits per heavy atom. The minimum absolute atomic E-state index is 0.183. The summed E-state index contributed by atoms with van der Waals surface area (Å²) in [6, 6.07) is 2.55. The van der Waals surface area contributed by atoms with Crippen LogP contribution in [0.3, 0.4) is 0 Å². The third-order valence-electron chi connectivity index (χ3n) is 13.2. The lowest BCUT2D eigenvalue weighted by molar-refractivity contribution is -0.143. The molecule has 58 heavy (non-hydrogen) atoms. The van der Waals surface area contributed by atoms with Gasteiger partial charge >= 0.3 is 6.09 Å². The van der Waals surface area contributed by atoms with Gasteiger partial charge in [0, 0.05) is 10.9 Å². The predicted molar refractivity (Wildman–Crippen MR) is 207 cm³/mol. The maximum absolute atomic E-state index is 14.8. The van der Waals surface area contributed by atoms with E-state index >= 15 is 0 Å². The van der Waals surface area contributed by atoms with Crippen molar-refractivity contribution in [1.29, 1.82) is 0 Å². The van der Waals surface area contributed by atoms with Crippen molar-refractivity contribution in [3.63, 3.8) is 0 Å². The van der Waals surface area contributed by atoms with Crippen molar-refractivity contribution >= 4 is 56.5 Å². The molecule has 0 radical (unpaired) electrons. The number of sulfonamides is 1. The molecule has 4 aliphatic carbocycles. The van der Waals surface area contributed by atoms with Crippen molar-refractivity contribution in [3.05, 3.63) is 28.9 Å². The number of alkyl halides is 2. The number of nitrogens with one attached hydrogen (secondary N) is 3. The van der Waals surface area contributed by atoms with E-state index in [2.05, 4.69) is 10.6 Å². The Balaban J connectivity index is 1.15. The van der Waals surface area contributed by atoms with Crippen LogP contribution in [-0.2, 0) is 35.6 Å². The van der Waals surface area contributed by atoms with Crippen molar-refractivity contribution in [2.24, 2.45) is 35.0 Å². The standard InChI is InChI=1S/C40H51ClF2N6O8S/c1-19-30-18-49(31(19)34(50)47-40(17-25(40)33(42)43)37(52)48-58(54,55)22-11-12-22)36(51)32(39(2,3)4)46-38(53)57-29-15-20-14-24(20)23(29)8-6-5-7-9-27-35(56-30)45-28-16-21(41)10-13-26(28)44-27/h10,13,16,19-20,22-25,29-33H,5-9,11-12,14-15,17-18H2,1-4H3,(H,46,53)(H,47,50)(H,48,52)/t19-,20+,23-,24+,25+,29-,30+,31+,32-,40-/m1/s1. The zero-order valence-corrected chi connectivity index (χ0v) is 34.6. The number of halogens is 3. The van der Waals surface area contributed by atoms with Gasteiger partial charge in [-0.25, -0.2) is 32.0 Å². The molecule has 4 saturated carbocycles. The molecule has 2 aromatic rings. The average molecular weight is 849 g/mol. The SMILES string of the molecule is C[C@@H]1[C@@H]2CN(C(=O)[C@H](C(C)(C)C)NC(=O)O[C@@H]3C[C@@H]4C[C@@H]4[C@H]3CCCCCc3nc4ccc(Cl)cc4nc3O2)[C@@H]1C(=O)N[C@]1(C(=O)NS(=O)(=O)C2CC2)C[C@H]1C(F)F. The molecular formula is C40H51ClF2N6O8S. The van der Waals surface area contributed by atoms with Crippen LogP contribution in [0.25, 0.3) is 11.0 Å². The maximum Gasteiger partial charge on any atom is 0.408 e. The van der Waals surface area contributed by atoms with Crippen molar-refractivity contribution in [3.8, 4) is 5.88 Å². The van der Waals surface area contributed by atoms with Gasteiger partial charge in [0.2, 0.25) is 34.1 Å². The molecule has 2 bridgehead atoms. The molecule has 3 N–H and O–H groups in total. The van der Waals surface area contributed by atoms with E-state index in [4.69, 9.17) is 31.0 Å². The highest BCUT2D eigenvalue weighted by Crippen LogP contribution is 2.58. The minimum atomic E-state index is -4.14. The van der Waals surface area contributed by atoms with Crippen LogP contribution in [0.2, 0.25) is 5.02 Å². The third kappa shape index (κ3) is 7.93. The molecule has 1 aromatic heterocycles. The molecule has 10 atom stereocenters. The molecule has 0 unspecified atom stereocenters. The number of rotatable bonds is 6. The molecule has 8 rings (SSSR count). The summed E-state index contributed by atoms with van der Waals surface area (Å²) in [5.74, 6) is -3.91. The van der Waals surface area contributed by atoms with Crippen LogP contribution >= 0.6 is 11.6 Å². The number of hydrogen-bond acceptors (Lipinski definition) is 10. The van der Waals surface area contributed by atoms with Crippen molar-refractivity contribution in [2.45, 2.75) is 133 Å². The lowest BCUT2D eigenvalue weighted by Crippen LogP contribution is -2.61. The molecule has 6 aliphatic rings. The van der Waals surface area contributed by atoms with E-state index in [0.717, 1.165) is 38.5 Å². The van der Waals surface area contributed by atoms with Crippen LogP contribution in [0.5, 0.6) is 5.88 Å². The first-order valence-corrected chi connectivity index (χ1v) is 22.4. The monoisotopic (exact) mass is 848 g/mol. The van der Waals surface area contributed by atoms with Crippen molar-refractivity contribution in [1.82, 2.24) is 30.2 Å². The van der Waals surface area contributed by atoms with Gasteiger partial charge in [0.05, 0.1) is 28.7 Å². The maximum atomic E-state index is 14.8. The highest BCUT2D eigenvalue weighted by atomic mass is 35.5. The number of hydrogen-bond donors (Lipinski definition) is 3. The largest absolute Gasteiger partial charge is 0.471 e. The fourth-order valence-electron chi connectivity index (χ4n) is 9.49. The van der Waals surface area contributed by atoms with E-state index in [-0.39, 0.29) is 24.4 Å². The summed E-state index contributed by atoms with van der Waals surface area (Å²) in [6.45, 7) is 6.76. The molecule has 0 spiro atoms. The summed E-state index contributed by atoms with van der Waals surface area (Å²) in [4.78, 5) is 67.5. The Hall–Kier alpha value is -3.86. The first-order chi connectivity index (χ1) is 27.4. The molecule has 2 aliphatic heterocycles. The summed E-state index contributed by atoms with van der Waals surface area (Å²) in [7, 11) is -4.14. The third-order valence-corrected chi connectivity index (χ3v) is 15.2. The van der Waals surface area contributed by atoms with Crippen LogP contribution in [-0.4, -0.2) is 95.2 Å². The van der Waals surface area contributed by atoms with E-state index < -0.39 is 92.9 Å². The second-order valence-corrected chi connectivity index (χ2v) is 20.8. The zero-order chi connectivity index (χ0) is 41.5. The van der Waals surface area contributed by atoms with Crippen molar-refractivity contribution in [2.75, 3.05) is 6.54 Å². The Morgan fingerprint density at radius 2 is 1.78 bits per heavy atom. The van der Waals surface area contributed by atoms with E-state index in [0.29, 0.717) is 52.8 Å². The first kappa shape index (κ1) is 40.9. The van der Waals surface area contributed by atoms with Crippen LogP contribution < -0.4 is 20.1 Å². The summed E-state index contributed by atoms with van der Waals surface area (Å²) < 4.78 is 68.6. The number of carbonyl (C=O) groups excluding carboxylic acids is 4. The number of amides is 4. The number of carbonyl (C=O) groups is 4. The lowest BCUT2D eigenvalue weighted by Gasteiger charge is -2.36. The lowest BCUT2D eigenvalue weighted by atomic mass is 9.85. The molecule has 1 aromatic carbocycles. The van der Waals surface area contributed by atoms with Crippen molar-refractivity contribution < 1.29 is 45.9 Å². The highest BCUT2D eigenvalue weighted by molar-refractivity contribution is 7.91. The van der Waals surface area contributed by atoms with E-state index in [9.17, 15) is 36.4 Å². The van der Waals surface area contributed by atoms with Gasteiger partial charge in [-0.2, -0.15) is 0 Å². The summed E-state index contributed by atoms with van der Waals surface area (Å²) in [5.41, 5.74) is -1.45. The van der Waals surface area contributed by atoms with Gasteiger partial charge in [0.1, 0.15) is 35.5 Å². The molecule has 4 amide bonds. The molecular weight excluding hydrogens is 798 g/mol. The van der Waals surface area contributed by atoms with Gasteiger partial charge in [-0.15, -0.1) is 0 Å². The van der Waals surface area contributed by atoms with Gasteiger partial charge in [0.25, 0.3) is 5.91 Å². The Morgan fingerprint density at radius 1 is 1.02 bits per heavy atom. The predicted octanol–water partition coefficient (Wildman–Crippen LogP) is 4.91. The fourth-order valence-corrected chi connectivity index (χ4v) is 11.0. The van der Waals surface area contributed by atoms with Gasteiger partial charge in [-0.1, -0.05) is 52.1 Å². The van der Waals surface area contributed by atoms with Gasteiger partial charge in [-0.3, -0.25) is 19.1 Å². The number of fused-ring (bicyclic) bond motifs is 7. The average Bonchev–Trinajstić information content (AvgIpc) is 4.06. The number of benzene rings is 1. The number of ether oxygens (including phenoxy) is 2. The number of aryl methyl sites for hydroxylation is 1. The molecule has 14 nitrogen and oxygen atoms in total. The minimum Gasteiger partial charge on any atom is -0.471 e. The molecule has 5 fully saturated rings. The molecule has 1 saturated heterocycles. The fraction of sp³-hybridized carbons (Fsp3) is 0.700. The Kier molecular flexibility index (Phi) is 10.6. The second-order valence-electron chi connectivity index (χ2n) is 18.4. The number of alkyl carbamates (subject to hydrolysis) is 1. The van der Waals surface area contributed by atoms with Crippen LogP contribution in [0.1, 0.15) is 91.2 Å². The smallest absolute Gasteiger partial charge is 0.408 e. The first-order valence-electron chi connectivity index (χ1n) is 20.4. The Labute approximate surface area is 341 Å². The molecule has 18 heteroatoms. The number of nitrogens with zero attached hydrogens (tertiary/aromatic N) is 3. The molecule has 3 heterocycles. The second kappa shape index (κ2) is 15.0. The van der Waals surface area contributed by atoms with Crippen LogP contribution in [0.4, 0.5) is 13.6 Å². The van der Waals surface area contributed by atoms with E-state index in [1.54, 1.807) is 45.9 Å². The summed E-state index contributed by atoms with van der Waals surface area (Å²) in [6.07, 6.45) is 1.05. The summed E-state index contributed by atoms with van der Waals surface area (Å²) >= 11 is 6.32. The van der Waals surface area contributed by atoms with Crippen LogP contribution in [0.15, 0.2) is 18.2 Å². The van der Waals surface area contributed by atoms with Gasteiger partial charge in [-0.05, 0) is 92.7 Å². The quantitative estimate of drug-likeness (QED) is 0.361. The van der Waals surface area contributed by atoms with Crippen LogP contribution in [0, 0.1) is 35.0 Å². The van der Waals surface area contributed by atoms with Gasteiger partial charge < -0.3 is 25.0 Å². The number of aromatic nitrogens is 2. The zero-order valence-electron chi connectivity index (χ0n) is 33.0. The normalized spacial score (nSPS) is 34.1. The van der Waals surface area contributed by atoms with E-state index in [1.165, 1.54) is 4.90 Å². The molecule has 316 valence electrons. The van der Waals surface area contributed by atoms with E-state index in [1.807, 2.05) is 4.72 Å². The highest BCUT2D eigenvalue weighted by Gasteiger charge is 2.67. The Bertz CT molecular complexity index is 2120.